The van der Waals surface area contributed by atoms with Crippen LogP contribution < -0.4 is 4.74 Å². The van der Waals surface area contributed by atoms with E-state index in [4.69, 9.17) is 4.74 Å². The number of methoxy groups -OCH3 is 1. The molecule has 1 atom stereocenters. The number of ketones is 1. The Kier molecular flexibility index (Phi) is 5.51. The van der Waals surface area contributed by atoms with Crippen LogP contribution >= 0.6 is 0 Å². The second kappa shape index (κ2) is 7.74. The third-order valence-electron chi connectivity index (χ3n) is 5.10. The zero-order valence-corrected chi connectivity index (χ0v) is 17.5. The van der Waals surface area contributed by atoms with E-state index in [-0.39, 0.29) is 17.9 Å². The van der Waals surface area contributed by atoms with Crippen LogP contribution in [0.3, 0.4) is 0 Å². The largest absolute Gasteiger partial charge is 0.503 e. The van der Waals surface area contributed by atoms with E-state index in [0.717, 1.165) is 22.4 Å². The van der Waals surface area contributed by atoms with E-state index in [1.54, 1.807) is 32.8 Å². The highest BCUT2D eigenvalue weighted by atomic mass is 16.5. The van der Waals surface area contributed by atoms with Crippen LogP contribution in [0.25, 0.3) is 0 Å². The number of aliphatic hydroxyl groups is 1. The number of Topliss-reactive ketones (excluding diaryl/α,β-unsaturated/α-hetero) is 1. The number of carbonyl (C=O) groups excluding carboxylic acids is 2. The van der Waals surface area contributed by atoms with Gasteiger partial charge in [-0.1, -0.05) is 62.7 Å². The summed E-state index contributed by atoms with van der Waals surface area (Å²) in [5.74, 6) is -0.488. The van der Waals surface area contributed by atoms with Crippen molar-refractivity contribution in [3.63, 3.8) is 0 Å². The number of rotatable bonds is 5. The molecule has 1 N–H and O–H groups in total. The molecule has 1 heterocycles. The molecule has 0 bridgehead atoms. The zero-order chi connectivity index (χ0) is 21.3. The lowest BCUT2D eigenvalue weighted by Gasteiger charge is -2.29. The summed E-state index contributed by atoms with van der Waals surface area (Å²) in [7, 11) is 1.60. The summed E-state index contributed by atoms with van der Waals surface area (Å²) in [6.45, 7) is 7.61. The van der Waals surface area contributed by atoms with Gasteiger partial charge in [0.1, 0.15) is 5.75 Å². The number of carbonyl (C=O) groups is 2. The maximum absolute atomic E-state index is 13.2. The van der Waals surface area contributed by atoms with E-state index < -0.39 is 23.1 Å². The van der Waals surface area contributed by atoms with Crippen LogP contribution in [0.2, 0.25) is 0 Å². The number of benzene rings is 2. The molecule has 0 aliphatic carbocycles. The Balaban J connectivity index is 2.07. The molecule has 0 fully saturated rings. The first-order valence-electron chi connectivity index (χ1n) is 9.62. The van der Waals surface area contributed by atoms with Gasteiger partial charge in [-0.05, 0) is 30.2 Å². The molecule has 1 aliphatic rings. The molecule has 5 heteroatoms. The van der Waals surface area contributed by atoms with Crippen LogP contribution in [0.15, 0.2) is 59.9 Å². The van der Waals surface area contributed by atoms with Crippen molar-refractivity contribution in [1.29, 1.82) is 0 Å². The molecule has 1 aliphatic heterocycles. The van der Waals surface area contributed by atoms with Gasteiger partial charge in [0, 0.05) is 12.0 Å². The van der Waals surface area contributed by atoms with E-state index in [0.29, 0.717) is 0 Å². The number of nitrogens with zero attached hydrogens (tertiary/aromatic N) is 1. The summed E-state index contributed by atoms with van der Waals surface area (Å²) < 4.78 is 5.19. The first kappa shape index (κ1) is 20.6. The van der Waals surface area contributed by atoms with Crippen molar-refractivity contribution in [3.8, 4) is 5.75 Å². The molecule has 1 amide bonds. The monoisotopic (exact) mass is 393 g/mol. The van der Waals surface area contributed by atoms with Crippen LogP contribution in [0.4, 0.5) is 0 Å². The first-order chi connectivity index (χ1) is 13.6. The maximum Gasteiger partial charge on any atom is 0.290 e. The van der Waals surface area contributed by atoms with Crippen LogP contribution in [-0.2, 0) is 16.1 Å². The number of amides is 1. The Morgan fingerprint density at radius 2 is 1.79 bits per heavy atom. The number of hydrogen-bond acceptors (Lipinski definition) is 4. The lowest BCUT2D eigenvalue weighted by atomic mass is 9.82. The highest BCUT2D eigenvalue weighted by Crippen LogP contribution is 2.41. The second-order valence-corrected chi connectivity index (χ2v) is 8.44. The zero-order valence-electron chi connectivity index (χ0n) is 17.5. The molecule has 1 unspecified atom stereocenters. The van der Waals surface area contributed by atoms with Gasteiger partial charge in [-0.3, -0.25) is 9.59 Å². The Hall–Kier alpha value is -3.08. The Morgan fingerprint density at radius 3 is 2.34 bits per heavy atom. The Morgan fingerprint density at radius 1 is 1.14 bits per heavy atom. The quantitative estimate of drug-likeness (QED) is 0.811. The summed E-state index contributed by atoms with van der Waals surface area (Å²) in [5, 5.41) is 10.7. The molecule has 0 aromatic heterocycles. The van der Waals surface area contributed by atoms with Crippen LogP contribution in [-0.4, -0.2) is 28.8 Å². The average molecular weight is 393 g/mol. The smallest absolute Gasteiger partial charge is 0.290 e. The molecule has 152 valence electrons. The van der Waals surface area contributed by atoms with E-state index in [9.17, 15) is 14.7 Å². The summed E-state index contributed by atoms with van der Waals surface area (Å²) >= 11 is 0. The van der Waals surface area contributed by atoms with Gasteiger partial charge in [-0.2, -0.15) is 0 Å². The lowest BCUT2D eigenvalue weighted by molar-refractivity contribution is -0.130. The van der Waals surface area contributed by atoms with Gasteiger partial charge in [0.2, 0.25) is 0 Å². The molecule has 0 radical (unpaired) electrons. The number of ether oxygens (including phenoxy) is 1. The molecular formula is C24H27NO4. The van der Waals surface area contributed by atoms with E-state index in [1.807, 2.05) is 55.5 Å². The molecule has 0 saturated heterocycles. The van der Waals surface area contributed by atoms with Gasteiger partial charge in [-0.25, -0.2) is 0 Å². The van der Waals surface area contributed by atoms with Crippen molar-refractivity contribution in [2.45, 2.75) is 40.3 Å². The summed E-state index contributed by atoms with van der Waals surface area (Å²) in [5.41, 5.74) is 2.16. The third-order valence-corrected chi connectivity index (χ3v) is 5.10. The third kappa shape index (κ3) is 4.04. The molecular weight excluding hydrogens is 366 g/mol. The molecule has 0 saturated carbocycles. The van der Waals surface area contributed by atoms with Crippen molar-refractivity contribution >= 4 is 11.7 Å². The maximum atomic E-state index is 13.2. The summed E-state index contributed by atoms with van der Waals surface area (Å²) in [6, 6.07) is 14.5. The van der Waals surface area contributed by atoms with Crippen molar-refractivity contribution in [1.82, 2.24) is 4.90 Å². The van der Waals surface area contributed by atoms with Crippen LogP contribution in [0.5, 0.6) is 5.75 Å². The fourth-order valence-corrected chi connectivity index (χ4v) is 3.57. The van der Waals surface area contributed by atoms with E-state index >= 15 is 0 Å². The number of hydrogen-bond donors (Lipinski definition) is 1. The fraction of sp³-hybridized carbons (Fsp3) is 0.333. The van der Waals surface area contributed by atoms with E-state index in [2.05, 4.69) is 0 Å². The predicted molar refractivity (Wildman–Crippen MR) is 112 cm³/mol. The minimum Gasteiger partial charge on any atom is -0.503 e. The Bertz CT molecular complexity index is 967. The van der Waals surface area contributed by atoms with Gasteiger partial charge < -0.3 is 14.7 Å². The summed E-state index contributed by atoms with van der Waals surface area (Å²) in [4.78, 5) is 27.7. The van der Waals surface area contributed by atoms with Crippen molar-refractivity contribution in [3.05, 3.63) is 76.6 Å². The average Bonchev–Trinajstić information content (AvgIpc) is 2.92. The number of aliphatic hydroxyl groups excluding tert-OH is 1. The van der Waals surface area contributed by atoms with Crippen molar-refractivity contribution < 1.29 is 19.4 Å². The molecule has 29 heavy (non-hydrogen) atoms. The SMILES string of the molecule is COc1ccc(CN2C(=O)C(O)=C(C(=O)C(C)(C)C)C2c2cccc(C)c2)cc1. The molecule has 2 aromatic carbocycles. The minimum absolute atomic E-state index is 0.168. The normalized spacial score (nSPS) is 17.1. The fourth-order valence-electron chi connectivity index (χ4n) is 3.57. The highest BCUT2D eigenvalue weighted by molar-refractivity contribution is 6.10. The minimum atomic E-state index is -0.720. The van der Waals surface area contributed by atoms with Gasteiger partial charge in [0.25, 0.3) is 5.91 Å². The second-order valence-electron chi connectivity index (χ2n) is 8.44. The van der Waals surface area contributed by atoms with Gasteiger partial charge >= 0.3 is 0 Å². The van der Waals surface area contributed by atoms with Gasteiger partial charge in [-0.15, -0.1) is 0 Å². The van der Waals surface area contributed by atoms with Crippen LogP contribution in [0, 0.1) is 12.3 Å². The lowest BCUT2D eigenvalue weighted by Crippen LogP contribution is -2.32. The standard InChI is InChI=1S/C24H27NO4/c1-15-7-6-8-17(13-15)20-19(22(27)24(2,3)4)21(26)23(28)25(20)14-16-9-11-18(29-5)12-10-16/h6-13,20,26H,14H2,1-5H3. The topological polar surface area (TPSA) is 66.8 Å². The van der Waals surface area contributed by atoms with E-state index in [1.165, 1.54) is 0 Å². The summed E-state index contributed by atoms with van der Waals surface area (Å²) in [6.07, 6.45) is 0. The highest BCUT2D eigenvalue weighted by Gasteiger charge is 2.45. The Labute approximate surface area is 171 Å². The molecule has 3 rings (SSSR count). The molecule has 5 nitrogen and oxygen atoms in total. The van der Waals surface area contributed by atoms with Gasteiger partial charge in [0.05, 0.1) is 18.7 Å². The molecule has 2 aromatic rings. The van der Waals surface area contributed by atoms with Crippen LogP contribution in [0.1, 0.15) is 43.5 Å². The first-order valence-corrected chi connectivity index (χ1v) is 9.62. The number of aryl methyl sites for hydroxylation is 1. The van der Waals surface area contributed by atoms with Crippen molar-refractivity contribution in [2.75, 3.05) is 7.11 Å². The predicted octanol–water partition coefficient (Wildman–Crippen LogP) is 4.51. The van der Waals surface area contributed by atoms with Crippen molar-refractivity contribution in [2.24, 2.45) is 5.41 Å². The molecule has 0 spiro atoms. The van der Waals surface area contributed by atoms with Gasteiger partial charge in [0.15, 0.2) is 11.5 Å².